The van der Waals surface area contributed by atoms with E-state index in [-0.39, 0.29) is 5.91 Å². The Hall–Kier alpha value is -1.03. The van der Waals surface area contributed by atoms with E-state index in [0.717, 1.165) is 12.2 Å². The third-order valence-electron chi connectivity index (χ3n) is 1.92. The summed E-state index contributed by atoms with van der Waals surface area (Å²) >= 11 is 5.47. The van der Waals surface area contributed by atoms with Gasteiger partial charge in [0, 0.05) is 18.7 Å². The summed E-state index contributed by atoms with van der Waals surface area (Å²) in [4.78, 5) is 15.2. The van der Waals surface area contributed by atoms with E-state index < -0.39 is 0 Å². The van der Waals surface area contributed by atoms with Crippen molar-refractivity contribution in [1.82, 2.24) is 10.3 Å². The van der Waals surface area contributed by atoms with Crippen molar-refractivity contribution in [1.29, 1.82) is 0 Å². The summed E-state index contributed by atoms with van der Waals surface area (Å²) in [5.41, 5.74) is 0. The number of aromatic nitrogens is 1. The fourth-order valence-electron chi connectivity index (χ4n) is 1.08. The predicted molar refractivity (Wildman–Crippen MR) is 57.7 cm³/mol. The molecular formula is C10H15ClN2O2. The van der Waals surface area contributed by atoms with Gasteiger partial charge < -0.3 is 9.73 Å². The average molecular weight is 231 g/mol. The molecule has 0 aromatic carbocycles. The zero-order valence-electron chi connectivity index (χ0n) is 8.75. The van der Waals surface area contributed by atoms with Crippen molar-refractivity contribution in [3.05, 3.63) is 17.8 Å². The van der Waals surface area contributed by atoms with Gasteiger partial charge in [-0.15, -0.1) is 11.6 Å². The van der Waals surface area contributed by atoms with Crippen molar-refractivity contribution >= 4 is 17.5 Å². The van der Waals surface area contributed by atoms with Crippen LogP contribution in [0.2, 0.25) is 0 Å². The normalized spacial score (nSPS) is 10.3. The smallest absolute Gasteiger partial charge is 0.220 e. The Morgan fingerprint density at radius 1 is 1.67 bits per heavy atom. The molecule has 1 aromatic heterocycles. The number of carbonyl (C=O) groups excluding carboxylic acids is 1. The molecule has 0 aliphatic carbocycles. The molecule has 0 atom stereocenters. The molecule has 84 valence electrons. The van der Waals surface area contributed by atoms with Gasteiger partial charge in [-0.05, 0) is 6.42 Å². The second-order valence-corrected chi connectivity index (χ2v) is 3.52. The van der Waals surface area contributed by atoms with E-state index in [2.05, 4.69) is 10.3 Å². The molecule has 1 aromatic rings. The number of nitrogens with one attached hydrogen (secondary N) is 1. The van der Waals surface area contributed by atoms with Crippen LogP contribution in [0, 0.1) is 0 Å². The topological polar surface area (TPSA) is 55.1 Å². The van der Waals surface area contributed by atoms with Crippen LogP contribution in [0.1, 0.15) is 31.4 Å². The molecule has 1 heterocycles. The first-order valence-electron chi connectivity index (χ1n) is 5.02. The molecule has 4 nitrogen and oxygen atoms in total. The van der Waals surface area contributed by atoms with Crippen LogP contribution >= 0.6 is 11.6 Å². The molecule has 0 bridgehead atoms. The Bertz CT molecular complexity index is 312. The van der Waals surface area contributed by atoms with Crippen LogP contribution in [-0.2, 0) is 17.8 Å². The molecule has 0 saturated heterocycles. The Kier molecular flexibility index (Phi) is 5.18. The summed E-state index contributed by atoms with van der Waals surface area (Å²) in [5, 5.41) is 2.72. The highest BCUT2D eigenvalue weighted by molar-refractivity contribution is 6.17. The minimum Gasteiger partial charge on any atom is -0.444 e. The maximum Gasteiger partial charge on any atom is 0.220 e. The van der Waals surface area contributed by atoms with Crippen LogP contribution in [0.4, 0.5) is 0 Å². The first-order chi connectivity index (χ1) is 7.26. The number of aryl methyl sites for hydroxylation is 1. The molecule has 0 aliphatic rings. The second-order valence-electron chi connectivity index (χ2n) is 3.14. The lowest BCUT2D eigenvalue weighted by Gasteiger charge is -2.00. The first-order valence-corrected chi connectivity index (χ1v) is 5.56. The Balaban J connectivity index is 2.27. The van der Waals surface area contributed by atoms with Gasteiger partial charge in [0.2, 0.25) is 11.8 Å². The molecule has 0 spiro atoms. The van der Waals surface area contributed by atoms with Gasteiger partial charge in [0.15, 0.2) is 0 Å². The maximum atomic E-state index is 11.2. The van der Waals surface area contributed by atoms with Gasteiger partial charge in [-0.25, -0.2) is 4.98 Å². The molecule has 5 heteroatoms. The van der Waals surface area contributed by atoms with Gasteiger partial charge >= 0.3 is 0 Å². The molecule has 0 fully saturated rings. The molecule has 1 rings (SSSR count). The molecule has 0 unspecified atom stereocenters. The molecule has 15 heavy (non-hydrogen) atoms. The van der Waals surface area contributed by atoms with E-state index in [4.69, 9.17) is 16.0 Å². The predicted octanol–water partition coefficient (Wildman–Crippen LogP) is 1.87. The van der Waals surface area contributed by atoms with Crippen molar-refractivity contribution in [2.24, 2.45) is 0 Å². The van der Waals surface area contributed by atoms with Crippen LogP contribution < -0.4 is 5.32 Å². The van der Waals surface area contributed by atoms with E-state index in [9.17, 15) is 4.79 Å². The van der Waals surface area contributed by atoms with E-state index in [0.29, 0.717) is 31.2 Å². The van der Waals surface area contributed by atoms with Gasteiger partial charge in [-0.1, -0.05) is 6.92 Å². The van der Waals surface area contributed by atoms with Crippen molar-refractivity contribution in [3.8, 4) is 0 Å². The maximum absolute atomic E-state index is 11.2. The number of amides is 1. The van der Waals surface area contributed by atoms with Gasteiger partial charge in [0.1, 0.15) is 5.76 Å². The van der Waals surface area contributed by atoms with Crippen molar-refractivity contribution in [2.45, 2.75) is 32.7 Å². The number of hydrogen-bond acceptors (Lipinski definition) is 3. The van der Waals surface area contributed by atoms with Gasteiger partial charge in [-0.3, -0.25) is 4.79 Å². The summed E-state index contributed by atoms with van der Waals surface area (Å²) < 4.78 is 5.34. The lowest BCUT2D eigenvalue weighted by molar-refractivity contribution is -0.121. The molecule has 0 radical (unpaired) electrons. The standard InChI is InChI=1S/C10H15ClN2O2/c1-2-8-6-13-10(15-8)7-12-9(14)4-3-5-11/h6H,2-5,7H2,1H3,(H,12,14). The number of rotatable bonds is 6. The summed E-state index contributed by atoms with van der Waals surface area (Å²) in [6, 6.07) is 0. The summed E-state index contributed by atoms with van der Waals surface area (Å²) in [6.45, 7) is 2.34. The highest BCUT2D eigenvalue weighted by atomic mass is 35.5. The SMILES string of the molecule is CCc1cnc(CNC(=O)CCCCl)o1. The summed E-state index contributed by atoms with van der Waals surface area (Å²) in [6.07, 6.45) is 3.64. The van der Waals surface area contributed by atoms with E-state index in [1.807, 2.05) is 6.92 Å². The number of oxazole rings is 1. The number of halogens is 1. The fraction of sp³-hybridized carbons (Fsp3) is 0.600. The highest BCUT2D eigenvalue weighted by Gasteiger charge is 2.04. The number of nitrogens with zero attached hydrogens (tertiary/aromatic N) is 1. The van der Waals surface area contributed by atoms with Crippen LogP contribution in [0.5, 0.6) is 0 Å². The fourth-order valence-corrected chi connectivity index (χ4v) is 1.22. The Morgan fingerprint density at radius 2 is 2.47 bits per heavy atom. The van der Waals surface area contributed by atoms with Crippen molar-refractivity contribution in [3.63, 3.8) is 0 Å². The molecule has 1 N–H and O–H groups in total. The van der Waals surface area contributed by atoms with E-state index in [1.165, 1.54) is 0 Å². The summed E-state index contributed by atoms with van der Waals surface area (Å²) in [7, 11) is 0. The third kappa shape index (κ3) is 4.34. The largest absolute Gasteiger partial charge is 0.444 e. The number of alkyl halides is 1. The first kappa shape index (κ1) is 12.0. The minimum absolute atomic E-state index is 0.0214. The zero-order chi connectivity index (χ0) is 11.1. The quantitative estimate of drug-likeness (QED) is 0.760. The van der Waals surface area contributed by atoms with E-state index in [1.54, 1.807) is 6.20 Å². The van der Waals surface area contributed by atoms with Crippen LogP contribution in [0.3, 0.4) is 0 Å². The second kappa shape index (κ2) is 6.45. The number of hydrogen-bond donors (Lipinski definition) is 1. The zero-order valence-corrected chi connectivity index (χ0v) is 9.51. The number of carbonyl (C=O) groups is 1. The highest BCUT2D eigenvalue weighted by Crippen LogP contribution is 2.03. The summed E-state index contributed by atoms with van der Waals surface area (Å²) in [5.74, 6) is 1.87. The molecule has 0 saturated carbocycles. The average Bonchev–Trinajstić information content (AvgIpc) is 2.71. The lowest BCUT2D eigenvalue weighted by atomic mass is 10.3. The Labute approximate surface area is 94.0 Å². The van der Waals surface area contributed by atoms with Crippen LogP contribution in [-0.4, -0.2) is 16.8 Å². The monoisotopic (exact) mass is 230 g/mol. The van der Waals surface area contributed by atoms with Crippen molar-refractivity contribution in [2.75, 3.05) is 5.88 Å². The van der Waals surface area contributed by atoms with Crippen LogP contribution in [0.25, 0.3) is 0 Å². The minimum atomic E-state index is -0.0214. The molecular weight excluding hydrogens is 216 g/mol. The van der Waals surface area contributed by atoms with Gasteiger partial charge in [0.05, 0.1) is 12.7 Å². The van der Waals surface area contributed by atoms with Crippen LogP contribution in [0.15, 0.2) is 10.6 Å². The van der Waals surface area contributed by atoms with E-state index >= 15 is 0 Å². The lowest BCUT2D eigenvalue weighted by Crippen LogP contribution is -2.22. The molecule has 0 aliphatic heterocycles. The van der Waals surface area contributed by atoms with Crippen molar-refractivity contribution < 1.29 is 9.21 Å². The van der Waals surface area contributed by atoms with Gasteiger partial charge in [-0.2, -0.15) is 0 Å². The Morgan fingerprint density at radius 3 is 3.07 bits per heavy atom. The third-order valence-corrected chi connectivity index (χ3v) is 2.19. The van der Waals surface area contributed by atoms with Gasteiger partial charge in [0.25, 0.3) is 0 Å². The molecule has 1 amide bonds.